The van der Waals surface area contributed by atoms with Crippen LogP contribution < -0.4 is 0 Å². The normalized spacial score (nSPS) is 12.2. The van der Waals surface area contributed by atoms with E-state index in [1.54, 1.807) is 0 Å². The van der Waals surface area contributed by atoms with Crippen molar-refractivity contribution in [3.8, 4) is 0 Å². The maximum absolute atomic E-state index is 10.1. The molecule has 0 saturated carbocycles. The van der Waals surface area contributed by atoms with Crippen LogP contribution >= 0.6 is 0 Å². The fourth-order valence-electron chi connectivity index (χ4n) is 0.914. The molecule has 0 atom stereocenters. The molecular formula is C8H14O2. The van der Waals surface area contributed by atoms with Crippen molar-refractivity contribution in [1.82, 2.24) is 0 Å². The van der Waals surface area contributed by atoms with E-state index in [0.717, 1.165) is 12.0 Å². The Morgan fingerprint density at radius 2 is 2.10 bits per heavy atom. The molecule has 0 aliphatic rings. The van der Waals surface area contributed by atoms with Gasteiger partial charge in [0.1, 0.15) is 0 Å². The van der Waals surface area contributed by atoms with Crippen LogP contribution in [0.2, 0.25) is 0 Å². The van der Waals surface area contributed by atoms with Crippen LogP contribution in [0.15, 0.2) is 11.6 Å². The zero-order valence-electron chi connectivity index (χ0n) is 6.72. The molecular weight excluding hydrogens is 128 g/mol. The van der Waals surface area contributed by atoms with Crippen molar-refractivity contribution in [1.29, 1.82) is 0 Å². The van der Waals surface area contributed by atoms with Gasteiger partial charge in [-0.05, 0) is 19.3 Å². The van der Waals surface area contributed by atoms with Gasteiger partial charge in [0, 0.05) is 6.08 Å². The second-order valence-electron chi connectivity index (χ2n) is 2.93. The van der Waals surface area contributed by atoms with Gasteiger partial charge in [-0.25, -0.2) is 4.79 Å². The van der Waals surface area contributed by atoms with Gasteiger partial charge >= 0.3 is 5.97 Å². The molecule has 0 aromatic rings. The van der Waals surface area contributed by atoms with Crippen molar-refractivity contribution in [2.45, 2.75) is 27.2 Å². The first kappa shape index (κ1) is 9.21. The highest BCUT2D eigenvalue weighted by Crippen LogP contribution is 2.08. The van der Waals surface area contributed by atoms with Gasteiger partial charge in [0.25, 0.3) is 0 Å². The van der Waals surface area contributed by atoms with Crippen LogP contribution in [0.4, 0.5) is 0 Å². The maximum atomic E-state index is 10.1. The Labute approximate surface area is 61.6 Å². The van der Waals surface area contributed by atoms with E-state index in [4.69, 9.17) is 5.11 Å². The number of aliphatic carboxylic acids is 1. The monoisotopic (exact) mass is 142 g/mol. The lowest BCUT2D eigenvalue weighted by Crippen LogP contribution is -1.93. The van der Waals surface area contributed by atoms with Gasteiger partial charge in [0.05, 0.1) is 0 Å². The summed E-state index contributed by atoms with van der Waals surface area (Å²) in [6.45, 7) is 5.98. The van der Waals surface area contributed by atoms with E-state index >= 15 is 0 Å². The van der Waals surface area contributed by atoms with Crippen molar-refractivity contribution in [3.05, 3.63) is 11.6 Å². The molecule has 58 valence electrons. The lowest BCUT2D eigenvalue weighted by molar-refractivity contribution is -0.131. The molecule has 0 rings (SSSR count). The first-order valence-corrected chi connectivity index (χ1v) is 3.42. The predicted octanol–water partition coefficient (Wildman–Crippen LogP) is 2.06. The SMILES string of the molecule is CC(=CC(=O)O)CC(C)C. The summed E-state index contributed by atoms with van der Waals surface area (Å²) in [5.41, 5.74) is 0.933. The maximum Gasteiger partial charge on any atom is 0.328 e. The second-order valence-corrected chi connectivity index (χ2v) is 2.93. The minimum absolute atomic E-state index is 0.538. The summed E-state index contributed by atoms with van der Waals surface area (Å²) >= 11 is 0. The molecule has 10 heavy (non-hydrogen) atoms. The average Bonchev–Trinajstić information content (AvgIpc) is 1.58. The summed E-state index contributed by atoms with van der Waals surface area (Å²) in [4.78, 5) is 10.1. The van der Waals surface area contributed by atoms with Crippen LogP contribution in [0.1, 0.15) is 27.2 Å². The molecule has 1 N–H and O–H groups in total. The number of rotatable bonds is 3. The number of allylic oxidation sites excluding steroid dienone is 1. The van der Waals surface area contributed by atoms with E-state index in [-0.39, 0.29) is 0 Å². The summed E-state index contributed by atoms with van der Waals surface area (Å²) in [5, 5.41) is 8.32. The topological polar surface area (TPSA) is 37.3 Å². The summed E-state index contributed by atoms with van der Waals surface area (Å²) in [5.74, 6) is -0.311. The first-order valence-electron chi connectivity index (χ1n) is 3.42. The minimum atomic E-state index is -0.849. The van der Waals surface area contributed by atoms with E-state index in [2.05, 4.69) is 13.8 Å². The molecule has 2 nitrogen and oxygen atoms in total. The third-order valence-corrected chi connectivity index (χ3v) is 1.10. The van der Waals surface area contributed by atoms with E-state index in [9.17, 15) is 4.79 Å². The summed E-state index contributed by atoms with van der Waals surface area (Å²) in [7, 11) is 0. The molecule has 0 aliphatic carbocycles. The summed E-state index contributed by atoms with van der Waals surface area (Å²) in [6.07, 6.45) is 2.13. The number of carboxylic acids is 1. The third kappa shape index (κ3) is 5.35. The van der Waals surface area contributed by atoms with Crippen LogP contribution in [0.5, 0.6) is 0 Å². The molecule has 0 fully saturated rings. The van der Waals surface area contributed by atoms with Crippen molar-refractivity contribution in [3.63, 3.8) is 0 Å². The van der Waals surface area contributed by atoms with E-state index < -0.39 is 5.97 Å². The molecule has 0 saturated heterocycles. The molecule has 0 bridgehead atoms. The van der Waals surface area contributed by atoms with Gasteiger partial charge in [-0.15, -0.1) is 0 Å². The smallest absolute Gasteiger partial charge is 0.328 e. The highest BCUT2D eigenvalue weighted by Gasteiger charge is 1.97. The molecule has 0 spiro atoms. The highest BCUT2D eigenvalue weighted by molar-refractivity contribution is 5.80. The molecule has 0 aromatic carbocycles. The van der Waals surface area contributed by atoms with E-state index in [1.807, 2.05) is 6.92 Å². The van der Waals surface area contributed by atoms with Crippen molar-refractivity contribution < 1.29 is 9.90 Å². The second kappa shape index (κ2) is 4.09. The van der Waals surface area contributed by atoms with Gasteiger partial charge in [0.2, 0.25) is 0 Å². The molecule has 0 heterocycles. The molecule has 0 amide bonds. The van der Waals surface area contributed by atoms with Gasteiger partial charge in [-0.2, -0.15) is 0 Å². The van der Waals surface area contributed by atoms with Gasteiger partial charge < -0.3 is 5.11 Å². The largest absolute Gasteiger partial charge is 0.478 e. The van der Waals surface area contributed by atoms with Gasteiger partial charge in [-0.3, -0.25) is 0 Å². The Morgan fingerprint density at radius 1 is 1.60 bits per heavy atom. The molecule has 0 aromatic heterocycles. The van der Waals surface area contributed by atoms with Gasteiger partial charge in [0.15, 0.2) is 0 Å². The standard InChI is InChI=1S/C8H14O2/c1-6(2)4-7(3)5-8(9)10/h5-6H,4H2,1-3H3,(H,9,10). The molecule has 0 aliphatic heterocycles. The van der Waals surface area contributed by atoms with E-state index in [1.165, 1.54) is 6.08 Å². The Kier molecular flexibility index (Phi) is 3.77. The summed E-state index contributed by atoms with van der Waals surface area (Å²) in [6, 6.07) is 0. The average molecular weight is 142 g/mol. The number of hydrogen-bond donors (Lipinski definition) is 1. The van der Waals surface area contributed by atoms with E-state index in [0.29, 0.717) is 5.92 Å². The zero-order valence-corrected chi connectivity index (χ0v) is 6.72. The van der Waals surface area contributed by atoms with Crippen LogP contribution in [-0.4, -0.2) is 11.1 Å². The fraction of sp³-hybridized carbons (Fsp3) is 0.625. The van der Waals surface area contributed by atoms with Crippen LogP contribution in [0.25, 0.3) is 0 Å². The third-order valence-electron chi connectivity index (χ3n) is 1.10. The Hall–Kier alpha value is -0.790. The van der Waals surface area contributed by atoms with Crippen LogP contribution in [0.3, 0.4) is 0 Å². The molecule has 0 unspecified atom stereocenters. The number of carbonyl (C=O) groups is 1. The summed E-state index contributed by atoms with van der Waals surface area (Å²) < 4.78 is 0. The lowest BCUT2D eigenvalue weighted by atomic mass is 10.0. The molecule has 0 radical (unpaired) electrons. The quantitative estimate of drug-likeness (QED) is 0.612. The Morgan fingerprint density at radius 3 is 2.40 bits per heavy atom. The Balaban J connectivity index is 3.83. The minimum Gasteiger partial charge on any atom is -0.478 e. The van der Waals surface area contributed by atoms with Crippen LogP contribution in [0, 0.1) is 5.92 Å². The number of hydrogen-bond acceptors (Lipinski definition) is 1. The van der Waals surface area contributed by atoms with Crippen LogP contribution in [-0.2, 0) is 4.79 Å². The van der Waals surface area contributed by atoms with Gasteiger partial charge in [-0.1, -0.05) is 19.4 Å². The van der Waals surface area contributed by atoms with Crippen molar-refractivity contribution >= 4 is 5.97 Å². The zero-order chi connectivity index (χ0) is 8.15. The highest BCUT2D eigenvalue weighted by atomic mass is 16.4. The lowest BCUT2D eigenvalue weighted by Gasteiger charge is -2.02. The predicted molar refractivity (Wildman–Crippen MR) is 40.8 cm³/mol. The first-order chi connectivity index (χ1) is 4.52. The molecule has 2 heteroatoms. The fourth-order valence-corrected chi connectivity index (χ4v) is 0.914. The van der Waals surface area contributed by atoms with Crippen molar-refractivity contribution in [2.24, 2.45) is 5.92 Å². The Bertz CT molecular complexity index is 145. The number of carboxylic acid groups (broad SMARTS) is 1. The van der Waals surface area contributed by atoms with Crippen molar-refractivity contribution in [2.75, 3.05) is 0 Å².